The second kappa shape index (κ2) is 8.29. The smallest absolute Gasteiger partial charge is 0.251 e. The summed E-state index contributed by atoms with van der Waals surface area (Å²) in [7, 11) is 0. The first-order valence-electron chi connectivity index (χ1n) is 6.56. The van der Waals surface area contributed by atoms with E-state index in [1.54, 1.807) is 24.3 Å². The van der Waals surface area contributed by atoms with Gasteiger partial charge in [0, 0.05) is 24.2 Å². The van der Waals surface area contributed by atoms with Crippen LogP contribution in [0.5, 0.6) is 0 Å². The van der Waals surface area contributed by atoms with E-state index in [9.17, 15) is 9.59 Å². The number of rotatable bonds is 7. The maximum Gasteiger partial charge on any atom is 0.251 e. The van der Waals surface area contributed by atoms with Crippen LogP contribution in [0.25, 0.3) is 0 Å². The van der Waals surface area contributed by atoms with Crippen molar-refractivity contribution in [3.05, 3.63) is 29.8 Å². The van der Waals surface area contributed by atoms with E-state index >= 15 is 0 Å². The number of nitrogens with one attached hydrogen (secondary N) is 2. The first kappa shape index (κ1) is 16.1. The van der Waals surface area contributed by atoms with Gasteiger partial charge in [0.05, 0.1) is 6.61 Å². The normalized spacial score (nSPS) is 11.8. The molecule has 0 fully saturated rings. The molecule has 1 rings (SSSR count). The molecule has 0 saturated heterocycles. The monoisotopic (exact) mass is 279 g/mol. The van der Waals surface area contributed by atoms with Crippen LogP contribution in [0.2, 0.25) is 0 Å². The molecule has 20 heavy (non-hydrogen) atoms. The lowest BCUT2D eigenvalue weighted by atomic mass is 10.1. The average Bonchev–Trinajstić information content (AvgIpc) is 2.45. The summed E-state index contributed by atoms with van der Waals surface area (Å²) >= 11 is 0. The molecule has 110 valence electrons. The van der Waals surface area contributed by atoms with Crippen LogP contribution < -0.4 is 16.4 Å². The van der Waals surface area contributed by atoms with E-state index in [1.807, 2.05) is 6.92 Å². The quantitative estimate of drug-likeness (QED) is 0.577. The van der Waals surface area contributed by atoms with Crippen LogP contribution in [0.15, 0.2) is 24.3 Å². The minimum Gasteiger partial charge on any atom is -0.395 e. The molecule has 1 unspecified atom stereocenters. The lowest BCUT2D eigenvalue weighted by Crippen LogP contribution is -2.26. The Morgan fingerprint density at radius 3 is 2.50 bits per heavy atom. The number of nitrogens with two attached hydrogens (primary N) is 1. The van der Waals surface area contributed by atoms with Gasteiger partial charge in [0.1, 0.15) is 0 Å². The molecule has 0 spiro atoms. The number of hydrogen-bond acceptors (Lipinski definition) is 4. The Hall–Kier alpha value is -1.92. The molecule has 0 heterocycles. The Morgan fingerprint density at radius 2 is 1.95 bits per heavy atom. The zero-order valence-corrected chi connectivity index (χ0v) is 11.6. The first-order valence-corrected chi connectivity index (χ1v) is 6.56. The van der Waals surface area contributed by atoms with Gasteiger partial charge in [0.2, 0.25) is 5.91 Å². The summed E-state index contributed by atoms with van der Waals surface area (Å²) in [5.41, 5.74) is 6.58. The van der Waals surface area contributed by atoms with Gasteiger partial charge in [0.25, 0.3) is 5.91 Å². The molecule has 0 bridgehead atoms. The summed E-state index contributed by atoms with van der Waals surface area (Å²) in [4.78, 5) is 23.3. The van der Waals surface area contributed by atoms with Gasteiger partial charge in [-0.1, -0.05) is 6.92 Å². The number of anilines is 1. The summed E-state index contributed by atoms with van der Waals surface area (Å²) in [6.45, 7) is 2.50. The van der Waals surface area contributed by atoms with E-state index in [4.69, 9.17) is 10.8 Å². The highest BCUT2D eigenvalue weighted by Crippen LogP contribution is 2.11. The van der Waals surface area contributed by atoms with Crippen molar-refractivity contribution in [1.82, 2.24) is 5.32 Å². The Kier molecular flexibility index (Phi) is 6.69. The predicted octanol–water partition coefficient (Wildman–Crippen LogP) is 0.332. The van der Waals surface area contributed by atoms with E-state index in [2.05, 4.69) is 10.6 Å². The van der Waals surface area contributed by atoms with Crippen molar-refractivity contribution in [1.29, 1.82) is 0 Å². The van der Waals surface area contributed by atoms with Gasteiger partial charge in [-0.05, 0) is 36.7 Å². The SMILES string of the molecule is CC(CN)CC(=O)Nc1ccc(C(=O)NCCO)cc1. The first-order chi connectivity index (χ1) is 9.56. The standard InChI is InChI=1S/C14H21N3O3/c1-10(9-15)8-13(19)17-12-4-2-11(3-5-12)14(20)16-6-7-18/h2-5,10,18H,6-9,15H2,1H3,(H,16,20)(H,17,19). The molecule has 6 heteroatoms. The maximum atomic E-state index is 11.7. The fourth-order valence-electron chi connectivity index (χ4n) is 1.59. The molecule has 0 aliphatic rings. The molecule has 1 aromatic carbocycles. The zero-order chi connectivity index (χ0) is 15.0. The van der Waals surface area contributed by atoms with Crippen molar-refractivity contribution in [3.8, 4) is 0 Å². The van der Waals surface area contributed by atoms with E-state index in [-0.39, 0.29) is 30.9 Å². The van der Waals surface area contributed by atoms with Crippen molar-refractivity contribution in [2.45, 2.75) is 13.3 Å². The van der Waals surface area contributed by atoms with E-state index in [0.717, 1.165) is 0 Å². The Bertz CT molecular complexity index is 445. The second-order valence-corrected chi connectivity index (χ2v) is 4.65. The Labute approximate surface area is 118 Å². The van der Waals surface area contributed by atoms with Gasteiger partial charge < -0.3 is 21.5 Å². The summed E-state index contributed by atoms with van der Waals surface area (Å²) in [6.07, 6.45) is 0.370. The van der Waals surface area contributed by atoms with E-state index in [1.165, 1.54) is 0 Å². The number of aliphatic hydroxyl groups is 1. The van der Waals surface area contributed by atoms with Crippen molar-refractivity contribution >= 4 is 17.5 Å². The van der Waals surface area contributed by atoms with Gasteiger partial charge in [0.15, 0.2) is 0 Å². The van der Waals surface area contributed by atoms with Crippen LogP contribution in [0.1, 0.15) is 23.7 Å². The molecule has 6 nitrogen and oxygen atoms in total. The molecule has 0 aliphatic heterocycles. The van der Waals surface area contributed by atoms with Crippen molar-refractivity contribution in [3.63, 3.8) is 0 Å². The van der Waals surface area contributed by atoms with Crippen molar-refractivity contribution in [2.75, 3.05) is 25.0 Å². The molecule has 0 saturated carbocycles. The highest BCUT2D eigenvalue weighted by Gasteiger charge is 2.09. The van der Waals surface area contributed by atoms with Gasteiger partial charge in [-0.3, -0.25) is 9.59 Å². The lowest BCUT2D eigenvalue weighted by molar-refractivity contribution is -0.116. The van der Waals surface area contributed by atoms with Gasteiger partial charge in [-0.25, -0.2) is 0 Å². The summed E-state index contributed by atoms with van der Waals surface area (Å²) in [5, 5.41) is 13.9. The summed E-state index contributed by atoms with van der Waals surface area (Å²) < 4.78 is 0. The van der Waals surface area contributed by atoms with Gasteiger partial charge >= 0.3 is 0 Å². The second-order valence-electron chi connectivity index (χ2n) is 4.65. The fraction of sp³-hybridized carbons (Fsp3) is 0.429. The van der Waals surface area contributed by atoms with Crippen LogP contribution in [-0.2, 0) is 4.79 Å². The number of amides is 2. The molecule has 0 radical (unpaired) electrons. The summed E-state index contributed by atoms with van der Waals surface area (Å²) in [6, 6.07) is 6.57. The molecule has 0 aromatic heterocycles. The van der Waals surface area contributed by atoms with Crippen LogP contribution in [0, 0.1) is 5.92 Å². The maximum absolute atomic E-state index is 11.7. The molecular formula is C14H21N3O3. The van der Waals surface area contributed by atoms with E-state index in [0.29, 0.717) is 24.2 Å². The van der Waals surface area contributed by atoms with Gasteiger partial charge in [-0.15, -0.1) is 0 Å². The molecule has 2 amide bonds. The van der Waals surface area contributed by atoms with Crippen molar-refractivity contribution < 1.29 is 14.7 Å². The van der Waals surface area contributed by atoms with Crippen LogP contribution in [0.4, 0.5) is 5.69 Å². The molecule has 0 aliphatic carbocycles. The highest BCUT2D eigenvalue weighted by atomic mass is 16.3. The minimum absolute atomic E-state index is 0.0968. The van der Waals surface area contributed by atoms with Crippen LogP contribution in [-0.4, -0.2) is 36.6 Å². The molecule has 5 N–H and O–H groups in total. The number of carbonyl (C=O) groups is 2. The predicted molar refractivity (Wildman–Crippen MR) is 77.3 cm³/mol. The highest BCUT2D eigenvalue weighted by molar-refractivity contribution is 5.95. The van der Waals surface area contributed by atoms with Crippen LogP contribution >= 0.6 is 0 Å². The third-order valence-corrected chi connectivity index (χ3v) is 2.76. The fourth-order valence-corrected chi connectivity index (χ4v) is 1.59. The largest absolute Gasteiger partial charge is 0.395 e. The molecular weight excluding hydrogens is 258 g/mol. The Morgan fingerprint density at radius 1 is 1.30 bits per heavy atom. The average molecular weight is 279 g/mol. The molecule has 1 atom stereocenters. The lowest BCUT2D eigenvalue weighted by Gasteiger charge is -2.09. The zero-order valence-electron chi connectivity index (χ0n) is 11.6. The number of benzene rings is 1. The van der Waals surface area contributed by atoms with Crippen molar-refractivity contribution in [2.24, 2.45) is 11.7 Å². The van der Waals surface area contributed by atoms with Crippen LogP contribution in [0.3, 0.4) is 0 Å². The third-order valence-electron chi connectivity index (χ3n) is 2.76. The third kappa shape index (κ3) is 5.38. The molecule has 1 aromatic rings. The van der Waals surface area contributed by atoms with E-state index < -0.39 is 0 Å². The summed E-state index contributed by atoms with van der Waals surface area (Å²) in [5.74, 6) is -0.215. The number of hydrogen-bond donors (Lipinski definition) is 4. The number of carbonyl (C=O) groups excluding carboxylic acids is 2. The number of aliphatic hydroxyl groups excluding tert-OH is 1. The topological polar surface area (TPSA) is 104 Å². The minimum atomic E-state index is -0.256. The van der Waals surface area contributed by atoms with Gasteiger partial charge in [-0.2, -0.15) is 0 Å². The Balaban J connectivity index is 2.54.